The van der Waals surface area contributed by atoms with Gasteiger partial charge < -0.3 is 4.57 Å². The standard InChI is InChI=1S/C35H22N2O4/c1-36-34(40)25-17-10-20-28(29(25)35(36)41)37-30-23(15-8-18-26(30)32(38)21-11-4-2-5-12-21)24-16-9-19-27(31(24)37)33(39)22-13-6-3-7-14-22/h2-20H,1H3. The number of rotatable bonds is 5. The molecule has 0 bridgehead atoms. The number of fused-ring (bicyclic) bond motifs is 4. The van der Waals surface area contributed by atoms with Crippen molar-refractivity contribution >= 4 is 45.2 Å². The first kappa shape index (κ1) is 24.4. The van der Waals surface area contributed by atoms with E-state index in [1.807, 2.05) is 65.2 Å². The van der Waals surface area contributed by atoms with Crippen LogP contribution >= 0.6 is 0 Å². The second-order valence-corrected chi connectivity index (χ2v) is 10.00. The maximum absolute atomic E-state index is 14.0. The van der Waals surface area contributed by atoms with Crippen LogP contribution in [0.3, 0.4) is 0 Å². The van der Waals surface area contributed by atoms with E-state index in [4.69, 9.17) is 0 Å². The van der Waals surface area contributed by atoms with Gasteiger partial charge in [-0.1, -0.05) is 91.0 Å². The molecule has 0 radical (unpaired) electrons. The minimum absolute atomic E-state index is 0.191. The Morgan fingerprint density at radius 2 is 1.02 bits per heavy atom. The van der Waals surface area contributed by atoms with Crippen LogP contribution in [0.15, 0.2) is 115 Å². The Morgan fingerprint density at radius 1 is 0.537 bits per heavy atom. The second-order valence-electron chi connectivity index (χ2n) is 10.00. The van der Waals surface area contributed by atoms with Gasteiger partial charge in [-0.15, -0.1) is 0 Å². The highest BCUT2D eigenvalue weighted by Crippen LogP contribution is 2.39. The van der Waals surface area contributed by atoms with E-state index in [0.717, 1.165) is 15.7 Å². The third kappa shape index (κ3) is 3.58. The second kappa shape index (κ2) is 9.24. The molecular weight excluding hydrogens is 512 g/mol. The van der Waals surface area contributed by atoms with Crippen molar-refractivity contribution in [1.29, 1.82) is 0 Å². The van der Waals surface area contributed by atoms with Crippen LogP contribution in [-0.4, -0.2) is 39.9 Å². The fourth-order valence-corrected chi connectivity index (χ4v) is 5.78. The van der Waals surface area contributed by atoms with E-state index in [0.29, 0.717) is 39.0 Å². The number of nitrogens with zero attached hydrogens (tertiary/aromatic N) is 2. The molecule has 0 saturated carbocycles. The normalized spacial score (nSPS) is 12.8. The van der Waals surface area contributed by atoms with Crippen molar-refractivity contribution in [3.8, 4) is 5.69 Å². The van der Waals surface area contributed by atoms with Crippen molar-refractivity contribution in [3.05, 3.63) is 149 Å². The smallest absolute Gasteiger partial charge is 0.263 e. The Balaban J connectivity index is 1.64. The number of amides is 2. The van der Waals surface area contributed by atoms with Crippen molar-refractivity contribution < 1.29 is 19.2 Å². The average Bonchev–Trinajstić information content (AvgIpc) is 3.48. The summed E-state index contributed by atoms with van der Waals surface area (Å²) in [6.07, 6.45) is 0. The third-order valence-corrected chi connectivity index (χ3v) is 7.71. The number of imide groups is 1. The summed E-state index contributed by atoms with van der Waals surface area (Å²) >= 11 is 0. The summed E-state index contributed by atoms with van der Waals surface area (Å²) in [5.41, 5.74) is 3.96. The van der Waals surface area contributed by atoms with Crippen molar-refractivity contribution in [2.45, 2.75) is 0 Å². The van der Waals surface area contributed by atoms with Gasteiger partial charge in [-0.25, -0.2) is 0 Å². The molecule has 1 aromatic heterocycles. The Hall–Kier alpha value is -5.62. The third-order valence-electron chi connectivity index (χ3n) is 7.71. The molecule has 2 heterocycles. The molecule has 0 fully saturated rings. The quantitative estimate of drug-likeness (QED) is 0.188. The minimum Gasteiger partial charge on any atom is -0.307 e. The van der Waals surface area contributed by atoms with Gasteiger partial charge in [0.05, 0.1) is 27.8 Å². The predicted molar refractivity (Wildman–Crippen MR) is 157 cm³/mol. The zero-order valence-electron chi connectivity index (χ0n) is 22.0. The molecule has 0 aliphatic carbocycles. The Morgan fingerprint density at radius 3 is 1.54 bits per heavy atom. The van der Waals surface area contributed by atoms with Gasteiger partial charge in [0.15, 0.2) is 11.6 Å². The molecular formula is C35H22N2O4. The van der Waals surface area contributed by atoms with E-state index in [1.165, 1.54) is 7.05 Å². The van der Waals surface area contributed by atoms with Crippen molar-refractivity contribution in [2.75, 3.05) is 7.05 Å². The number of ketones is 2. The van der Waals surface area contributed by atoms with Crippen molar-refractivity contribution in [2.24, 2.45) is 0 Å². The molecule has 196 valence electrons. The van der Waals surface area contributed by atoms with Crippen LogP contribution in [0.1, 0.15) is 52.6 Å². The highest BCUT2D eigenvalue weighted by Gasteiger charge is 2.36. The van der Waals surface area contributed by atoms with Crippen LogP contribution in [0.4, 0.5) is 0 Å². The Bertz CT molecular complexity index is 1970. The summed E-state index contributed by atoms with van der Waals surface area (Å²) in [5, 5.41) is 1.51. The number of hydrogen-bond acceptors (Lipinski definition) is 4. The maximum Gasteiger partial charge on any atom is 0.263 e. The summed E-state index contributed by atoms with van der Waals surface area (Å²) in [6.45, 7) is 0. The number of hydrogen-bond donors (Lipinski definition) is 0. The van der Waals surface area contributed by atoms with Crippen LogP contribution < -0.4 is 0 Å². The fourth-order valence-electron chi connectivity index (χ4n) is 5.78. The largest absolute Gasteiger partial charge is 0.307 e. The maximum atomic E-state index is 14.0. The van der Waals surface area contributed by atoms with E-state index >= 15 is 0 Å². The molecule has 2 amide bonds. The minimum atomic E-state index is -0.436. The van der Waals surface area contributed by atoms with Gasteiger partial charge in [0, 0.05) is 40.1 Å². The predicted octanol–water partition coefficient (Wildman–Crippen LogP) is 6.47. The molecule has 5 aromatic carbocycles. The fraction of sp³-hybridized carbons (Fsp3) is 0.0286. The first-order chi connectivity index (χ1) is 20.0. The molecule has 0 unspecified atom stereocenters. The average molecular weight is 535 g/mol. The molecule has 6 nitrogen and oxygen atoms in total. The van der Waals surface area contributed by atoms with Crippen LogP contribution in [0.5, 0.6) is 0 Å². The summed E-state index contributed by atoms with van der Waals surface area (Å²) in [6, 6.07) is 34.1. The molecule has 6 aromatic rings. The van der Waals surface area contributed by atoms with Gasteiger partial charge >= 0.3 is 0 Å². The first-order valence-electron chi connectivity index (χ1n) is 13.2. The van der Waals surface area contributed by atoms with Crippen LogP contribution in [-0.2, 0) is 0 Å². The number of benzene rings is 5. The van der Waals surface area contributed by atoms with Crippen LogP contribution in [0.2, 0.25) is 0 Å². The lowest BCUT2D eigenvalue weighted by molar-refractivity contribution is 0.0692. The van der Waals surface area contributed by atoms with Crippen molar-refractivity contribution in [3.63, 3.8) is 0 Å². The Kier molecular flexibility index (Phi) is 5.51. The molecule has 0 spiro atoms. The van der Waals surface area contributed by atoms with E-state index in [1.54, 1.807) is 54.6 Å². The highest BCUT2D eigenvalue weighted by atomic mass is 16.2. The molecule has 0 N–H and O–H groups in total. The SMILES string of the molecule is CN1C(=O)c2cccc(-n3c4c(C(=O)c5ccccc5)cccc4c4cccc(C(=O)c5ccccc5)c43)c2C1=O. The molecule has 1 aliphatic heterocycles. The topological polar surface area (TPSA) is 76.5 Å². The highest BCUT2D eigenvalue weighted by molar-refractivity contribution is 6.27. The van der Waals surface area contributed by atoms with Gasteiger partial charge in [-0.3, -0.25) is 24.1 Å². The molecule has 41 heavy (non-hydrogen) atoms. The van der Waals surface area contributed by atoms with E-state index in [-0.39, 0.29) is 22.7 Å². The number of aromatic nitrogens is 1. The Labute approximate surface area is 235 Å². The molecule has 1 aliphatic rings. The van der Waals surface area contributed by atoms with E-state index < -0.39 is 11.8 Å². The van der Waals surface area contributed by atoms with Gasteiger partial charge in [-0.2, -0.15) is 0 Å². The number of para-hydroxylation sites is 2. The molecule has 0 atom stereocenters. The monoisotopic (exact) mass is 534 g/mol. The van der Waals surface area contributed by atoms with Crippen molar-refractivity contribution in [1.82, 2.24) is 9.47 Å². The van der Waals surface area contributed by atoms with Crippen LogP contribution in [0, 0.1) is 0 Å². The van der Waals surface area contributed by atoms with Gasteiger partial charge in [0.25, 0.3) is 11.8 Å². The van der Waals surface area contributed by atoms with Gasteiger partial charge in [-0.05, 0) is 24.3 Å². The summed E-state index contributed by atoms with van der Waals surface area (Å²) in [7, 11) is 1.45. The van der Waals surface area contributed by atoms with E-state index in [2.05, 4.69) is 0 Å². The lowest BCUT2D eigenvalue weighted by Crippen LogP contribution is -2.24. The summed E-state index contributed by atoms with van der Waals surface area (Å²) in [5.74, 6) is -1.21. The zero-order chi connectivity index (χ0) is 28.2. The lowest BCUT2D eigenvalue weighted by atomic mass is 9.99. The molecule has 0 saturated heterocycles. The molecule has 7 rings (SSSR count). The zero-order valence-corrected chi connectivity index (χ0v) is 22.0. The summed E-state index contributed by atoms with van der Waals surface area (Å²) in [4.78, 5) is 55.4. The lowest BCUT2D eigenvalue weighted by Gasteiger charge is -2.15. The molecule has 6 heteroatoms. The van der Waals surface area contributed by atoms with Crippen LogP contribution in [0.25, 0.3) is 27.5 Å². The number of carbonyl (C=O) groups is 4. The van der Waals surface area contributed by atoms with Gasteiger partial charge in [0.1, 0.15) is 0 Å². The summed E-state index contributed by atoms with van der Waals surface area (Å²) < 4.78 is 1.82. The number of carbonyl (C=O) groups excluding carboxylic acids is 4. The van der Waals surface area contributed by atoms with E-state index in [9.17, 15) is 19.2 Å². The first-order valence-corrected chi connectivity index (χ1v) is 13.2. The van der Waals surface area contributed by atoms with Gasteiger partial charge in [0.2, 0.25) is 0 Å².